The van der Waals surface area contributed by atoms with Crippen LogP contribution in [-0.2, 0) is 10.1 Å². The van der Waals surface area contributed by atoms with Crippen molar-refractivity contribution in [2.75, 3.05) is 12.4 Å². The minimum Gasteiger partial charge on any atom is -0.492 e. The smallest absolute Gasteiger partial charge is 0.271 e. The van der Waals surface area contributed by atoms with Crippen molar-refractivity contribution in [1.82, 2.24) is 9.71 Å². The van der Waals surface area contributed by atoms with Crippen LogP contribution in [-0.4, -0.2) is 50.5 Å². The van der Waals surface area contributed by atoms with Gasteiger partial charge in [-0.15, -0.1) is 4.73 Å². The van der Waals surface area contributed by atoms with Crippen molar-refractivity contribution in [3.05, 3.63) is 36.5 Å². The average molecular weight is 392 g/mol. The molecule has 2 rings (SSSR count). The average Bonchev–Trinajstić information content (AvgIpc) is 2.85. The summed E-state index contributed by atoms with van der Waals surface area (Å²) in [6, 6.07) is 7.86. The first-order valence-corrected chi connectivity index (χ1v) is 10.6. The fraction of sp³-hybridized carbons (Fsp3) is 0.308. The molecule has 0 aliphatic heterocycles. The van der Waals surface area contributed by atoms with Gasteiger partial charge in [-0.05, 0) is 29.3 Å². The van der Waals surface area contributed by atoms with Gasteiger partial charge in [-0.2, -0.15) is 8.42 Å². The second kappa shape index (κ2) is 8.51. The van der Waals surface area contributed by atoms with E-state index in [0.717, 1.165) is 5.03 Å². The van der Waals surface area contributed by atoms with Crippen molar-refractivity contribution in [3.63, 3.8) is 0 Å². The van der Waals surface area contributed by atoms with Gasteiger partial charge in [0.2, 0.25) is 11.8 Å². The summed E-state index contributed by atoms with van der Waals surface area (Å²) in [5.74, 6) is -0.318. The number of rotatable bonds is 9. The first-order valence-electron chi connectivity index (χ1n) is 6.77. The number of hydrogen-bond acceptors (Lipinski definition) is 8. The second-order valence-corrected chi connectivity index (χ2v) is 8.77. The lowest BCUT2D eigenvalue weighted by Gasteiger charge is -2.15. The van der Waals surface area contributed by atoms with Crippen LogP contribution in [0.1, 0.15) is 6.42 Å². The lowest BCUT2D eigenvalue weighted by Crippen LogP contribution is -2.31. The third-order valence-electron chi connectivity index (χ3n) is 2.91. The molecule has 0 saturated heterocycles. The zero-order valence-corrected chi connectivity index (χ0v) is 14.8. The predicted molar refractivity (Wildman–Crippen MR) is 91.7 cm³/mol. The van der Waals surface area contributed by atoms with Crippen molar-refractivity contribution >= 4 is 31.7 Å². The maximum absolute atomic E-state index is 11.4. The number of nitrogens with zero attached hydrogens (tertiary/aromatic N) is 2. The van der Waals surface area contributed by atoms with Crippen molar-refractivity contribution < 1.29 is 28.0 Å². The third-order valence-corrected chi connectivity index (χ3v) is 6.43. The Labute approximate surface area is 147 Å². The van der Waals surface area contributed by atoms with Crippen LogP contribution in [0.5, 0.6) is 11.8 Å². The van der Waals surface area contributed by atoms with Crippen molar-refractivity contribution in [3.8, 4) is 11.8 Å². The maximum Gasteiger partial charge on any atom is 0.271 e. The van der Waals surface area contributed by atoms with Crippen molar-refractivity contribution in [1.29, 1.82) is 0 Å². The molecule has 24 heavy (non-hydrogen) atoms. The molecule has 11 heteroatoms. The molecule has 0 fully saturated rings. The van der Waals surface area contributed by atoms with E-state index in [1.807, 2.05) is 12.1 Å². The first kappa shape index (κ1) is 18.8. The van der Waals surface area contributed by atoms with Gasteiger partial charge in [0.15, 0.2) is 0 Å². The lowest BCUT2D eigenvalue weighted by atomic mass is 10.3. The molecule has 0 radical (unpaired) electrons. The Balaban J connectivity index is 1.85. The second-order valence-electron chi connectivity index (χ2n) is 4.64. The monoisotopic (exact) mass is 392 g/mol. The summed E-state index contributed by atoms with van der Waals surface area (Å²) in [7, 11) is -1.53. The fourth-order valence-corrected chi connectivity index (χ4v) is 4.51. The van der Waals surface area contributed by atoms with Gasteiger partial charge in [-0.3, -0.25) is 4.55 Å². The van der Waals surface area contributed by atoms with Gasteiger partial charge in [-0.1, -0.05) is 16.9 Å². The summed E-state index contributed by atoms with van der Waals surface area (Å²) in [6.45, 7) is -0.413. The van der Waals surface area contributed by atoms with E-state index >= 15 is 0 Å². The Morgan fingerprint density at radius 1 is 1.21 bits per heavy atom. The highest BCUT2D eigenvalue weighted by Gasteiger charge is 2.25. The molecule has 132 valence electrons. The first-order chi connectivity index (χ1) is 11.4. The molecule has 0 aliphatic carbocycles. The Kier molecular flexibility index (Phi) is 6.66. The SMILES string of the molecule is O=S(=O)(O)C(CCSSc1ccccn1)COn1c(O)ccc1O. The van der Waals surface area contributed by atoms with E-state index < -0.39 is 22.0 Å². The fourth-order valence-electron chi connectivity index (χ4n) is 1.69. The van der Waals surface area contributed by atoms with Crippen LogP contribution in [0.2, 0.25) is 0 Å². The molecular weight excluding hydrogens is 376 g/mol. The zero-order chi connectivity index (χ0) is 17.6. The molecule has 0 amide bonds. The standard InChI is InChI=1S/C13H16N2O6S3/c16-12-4-5-13(17)15(12)21-9-10(24(18,19)20)6-8-22-23-11-3-1-2-7-14-11/h1-5,7,10,16-17H,6,8-9H2,(H,18,19,20). The summed E-state index contributed by atoms with van der Waals surface area (Å²) in [5, 5.41) is 18.5. The van der Waals surface area contributed by atoms with Crippen LogP contribution in [0.15, 0.2) is 41.6 Å². The highest BCUT2D eigenvalue weighted by atomic mass is 33.1. The molecule has 1 unspecified atom stereocenters. The van der Waals surface area contributed by atoms with E-state index in [1.165, 1.54) is 33.7 Å². The Morgan fingerprint density at radius 3 is 2.50 bits per heavy atom. The Hall–Kier alpha value is -1.56. The number of hydrogen-bond donors (Lipinski definition) is 3. The minimum absolute atomic E-state index is 0.131. The van der Waals surface area contributed by atoms with Gasteiger partial charge in [0.1, 0.15) is 16.9 Å². The van der Waals surface area contributed by atoms with E-state index in [1.54, 1.807) is 12.3 Å². The van der Waals surface area contributed by atoms with Crippen LogP contribution in [0.3, 0.4) is 0 Å². The van der Waals surface area contributed by atoms with E-state index in [4.69, 9.17) is 4.84 Å². The Bertz CT molecular complexity index is 731. The largest absolute Gasteiger partial charge is 0.492 e. The molecular formula is C13H16N2O6S3. The van der Waals surface area contributed by atoms with Crippen LogP contribution < -0.4 is 4.84 Å². The van der Waals surface area contributed by atoms with E-state index in [2.05, 4.69) is 4.98 Å². The summed E-state index contributed by atoms with van der Waals surface area (Å²) in [6.07, 6.45) is 1.79. The van der Waals surface area contributed by atoms with Gasteiger partial charge in [0.05, 0.1) is 0 Å². The highest BCUT2D eigenvalue weighted by molar-refractivity contribution is 8.76. The molecule has 0 saturated carbocycles. The summed E-state index contributed by atoms with van der Waals surface area (Å²) < 4.78 is 32.9. The number of pyridine rings is 1. The van der Waals surface area contributed by atoms with E-state index in [-0.39, 0.29) is 18.2 Å². The predicted octanol–water partition coefficient (Wildman–Crippen LogP) is 1.81. The highest BCUT2D eigenvalue weighted by Crippen LogP contribution is 2.30. The van der Waals surface area contributed by atoms with Gasteiger partial charge in [-0.25, -0.2) is 4.98 Å². The van der Waals surface area contributed by atoms with Crippen molar-refractivity contribution in [2.24, 2.45) is 0 Å². The summed E-state index contributed by atoms with van der Waals surface area (Å²) in [4.78, 5) is 9.19. The molecule has 2 aromatic heterocycles. The van der Waals surface area contributed by atoms with Crippen LogP contribution in [0.25, 0.3) is 0 Å². The van der Waals surface area contributed by atoms with Gasteiger partial charge in [0, 0.05) is 24.1 Å². The molecule has 0 aromatic carbocycles. The van der Waals surface area contributed by atoms with Crippen LogP contribution >= 0.6 is 21.6 Å². The molecule has 0 bridgehead atoms. The minimum atomic E-state index is -4.33. The topological polar surface area (TPSA) is 122 Å². The number of aromatic hydroxyl groups is 2. The molecule has 2 aromatic rings. The lowest BCUT2D eigenvalue weighted by molar-refractivity contribution is 0.0739. The quantitative estimate of drug-likeness (QED) is 0.333. The number of aromatic nitrogens is 2. The molecule has 3 N–H and O–H groups in total. The third kappa shape index (κ3) is 5.51. The van der Waals surface area contributed by atoms with Gasteiger partial charge < -0.3 is 15.1 Å². The van der Waals surface area contributed by atoms with Crippen LogP contribution in [0.4, 0.5) is 0 Å². The van der Waals surface area contributed by atoms with Gasteiger partial charge >= 0.3 is 0 Å². The zero-order valence-electron chi connectivity index (χ0n) is 12.3. The van der Waals surface area contributed by atoms with Crippen molar-refractivity contribution in [2.45, 2.75) is 16.7 Å². The molecule has 2 heterocycles. The van der Waals surface area contributed by atoms with Crippen LogP contribution in [0, 0.1) is 0 Å². The van der Waals surface area contributed by atoms with Gasteiger partial charge in [0.25, 0.3) is 10.1 Å². The normalized spacial score (nSPS) is 12.9. The molecule has 0 aliphatic rings. The van der Waals surface area contributed by atoms with E-state index in [0.29, 0.717) is 10.5 Å². The Morgan fingerprint density at radius 2 is 1.92 bits per heavy atom. The molecule has 0 spiro atoms. The summed E-state index contributed by atoms with van der Waals surface area (Å²) >= 11 is 0. The van der Waals surface area contributed by atoms with E-state index in [9.17, 15) is 23.2 Å². The summed E-state index contributed by atoms with van der Waals surface area (Å²) in [5.41, 5.74) is 0. The maximum atomic E-state index is 11.4. The molecule has 1 atom stereocenters. The molecule has 8 nitrogen and oxygen atoms in total.